The lowest BCUT2D eigenvalue weighted by molar-refractivity contribution is -0.384. The number of rotatable bonds is 8. The van der Waals surface area contributed by atoms with Gasteiger partial charge in [0.15, 0.2) is 0 Å². The Morgan fingerprint density at radius 1 is 1.09 bits per heavy atom. The predicted octanol–water partition coefficient (Wildman–Crippen LogP) is 3.50. The van der Waals surface area contributed by atoms with E-state index in [2.05, 4.69) is 4.90 Å². The summed E-state index contributed by atoms with van der Waals surface area (Å²) in [6.45, 7) is 6.28. The lowest BCUT2D eigenvalue weighted by Crippen LogP contribution is -2.38. The molecule has 2 aromatic carbocycles. The van der Waals surface area contributed by atoms with Gasteiger partial charge < -0.3 is 14.9 Å². The third-order valence-electron chi connectivity index (χ3n) is 5.63. The van der Waals surface area contributed by atoms with Crippen LogP contribution in [0.4, 0.5) is 10.1 Å². The molecule has 3 rings (SSSR count). The molecule has 1 aliphatic rings. The first-order chi connectivity index (χ1) is 15.3. The number of likely N-dealkylation sites (tertiary alicyclic amines) is 1. The van der Waals surface area contributed by atoms with Gasteiger partial charge >= 0.3 is 0 Å². The highest BCUT2D eigenvalue weighted by molar-refractivity contribution is 6.46. The van der Waals surface area contributed by atoms with Crippen LogP contribution in [0.15, 0.2) is 54.1 Å². The van der Waals surface area contributed by atoms with Crippen LogP contribution >= 0.6 is 0 Å². The lowest BCUT2D eigenvalue weighted by Gasteiger charge is -2.28. The first-order valence-corrected chi connectivity index (χ1v) is 10.3. The molecule has 1 fully saturated rings. The normalized spacial score (nSPS) is 17.9. The molecule has 9 heteroatoms. The summed E-state index contributed by atoms with van der Waals surface area (Å²) in [4.78, 5) is 39.6. The number of hydrogen-bond donors (Lipinski definition) is 1. The monoisotopic (exact) mass is 441 g/mol. The van der Waals surface area contributed by atoms with Crippen molar-refractivity contribution in [1.82, 2.24) is 9.80 Å². The van der Waals surface area contributed by atoms with E-state index in [4.69, 9.17) is 0 Å². The van der Waals surface area contributed by atoms with Gasteiger partial charge in [-0.05, 0) is 42.9 Å². The summed E-state index contributed by atoms with van der Waals surface area (Å²) in [5.74, 6) is -2.51. The number of nitro groups is 1. The summed E-state index contributed by atoms with van der Waals surface area (Å²) < 4.78 is 13.5. The fourth-order valence-corrected chi connectivity index (χ4v) is 3.79. The standard InChI is InChI=1S/C23H24FN3O5/c1-3-25(4-2)13-14-26-20(15-5-9-17(24)10-6-15)19(22(29)23(26)30)21(28)16-7-11-18(12-8-16)27(31)32/h5-12,20,28H,3-4,13-14H2,1-2H3/t20-/m1/s1. The van der Waals surface area contributed by atoms with Gasteiger partial charge in [0, 0.05) is 30.8 Å². The first kappa shape index (κ1) is 23.1. The van der Waals surface area contributed by atoms with Crippen LogP contribution in [-0.2, 0) is 9.59 Å². The van der Waals surface area contributed by atoms with Crippen molar-refractivity contribution >= 4 is 23.1 Å². The molecule has 1 aliphatic heterocycles. The largest absolute Gasteiger partial charge is 0.507 e. The van der Waals surface area contributed by atoms with Crippen molar-refractivity contribution < 1.29 is 24.0 Å². The number of halogens is 1. The van der Waals surface area contributed by atoms with Crippen molar-refractivity contribution in [3.8, 4) is 0 Å². The number of carbonyl (C=O) groups is 2. The van der Waals surface area contributed by atoms with Crippen molar-refractivity contribution in [3.63, 3.8) is 0 Å². The van der Waals surface area contributed by atoms with Crippen molar-refractivity contribution in [3.05, 3.63) is 81.2 Å². The summed E-state index contributed by atoms with van der Waals surface area (Å²) in [6, 6.07) is 9.55. The molecule has 1 amide bonds. The van der Waals surface area contributed by atoms with E-state index in [-0.39, 0.29) is 23.4 Å². The molecule has 0 unspecified atom stereocenters. The van der Waals surface area contributed by atoms with E-state index >= 15 is 0 Å². The molecule has 0 aliphatic carbocycles. The fraction of sp³-hybridized carbons (Fsp3) is 0.304. The SMILES string of the molecule is CCN(CC)CCN1C(=O)C(=O)C(=C(O)c2ccc([N+](=O)[O-])cc2)[C@H]1c1ccc(F)cc1. The second-order valence-electron chi connectivity index (χ2n) is 7.37. The second kappa shape index (κ2) is 9.69. The maximum Gasteiger partial charge on any atom is 0.295 e. The minimum Gasteiger partial charge on any atom is -0.507 e. The molecule has 0 aromatic heterocycles. The third-order valence-corrected chi connectivity index (χ3v) is 5.63. The van der Waals surface area contributed by atoms with Gasteiger partial charge in [-0.3, -0.25) is 19.7 Å². The minimum absolute atomic E-state index is 0.130. The van der Waals surface area contributed by atoms with Crippen molar-refractivity contribution in [1.29, 1.82) is 0 Å². The zero-order chi connectivity index (χ0) is 23.4. The average molecular weight is 441 g/mol. The highest BCUT2D eigenvalue weighted by Crippen LogP contribution is 2.39. The number of nitro benzene ring substituents is 1. The Balaban J connectivity index is 2.08. The number of non-ortho nitro benzene ring substituents is 1. The molecular formula is C23H24FN3O5. The lowest BCUT2D eigenvalue weighted by atomic mass is 9.95. The molecule has 1 N–H and O–H groups in total. The van der Waals surface area contributed by atoms with Gasteiger partial charge in [-0.2, -0.15) is 0 Å². The van der Waals surface area contributed by atoms with Crippen LogP contribution in [0, 0.1) is 15.9 Å². The molecule has 32 heavy (non-hydrogen) atoms. The maximum absolute atomic E-state index is 13.5. The number of Topliss-reactive ketones (excluding diaryl/α,β-unsaturated/α-hetero) is 1. The van der Waals surface area contributed by atoms with Gasteiger partial charge in [0.05, 0.1) is 16.5 Å². The molecule has 1 saturated heterocycles. The highest BCUT2D eigenvalue weighted by Gasteiger charge is 2.46. The maximum atomic E-state index is 13.5. The van der Waals surface area contributed by atoms with E-state index in [0.717, 1.165) is 13.1 Å². The summed E-state index contributed by atoms with van der Waals surface area (Å²) >= 11 is 0. The summed E-state index contributed by atoms with van der Waals surface area (Å²) in [5.41, 5.74) is 0.351. The molecule has 1 atom stereocenters. The zero-order valence-electron chi connectivity index (χ0n) is 17.8. The number of likely N-dealkylation sites (N-methyl/N-ethyl adjacent to an activating group) is 1. The quantitative estimate of drug-likeness (QED) is 0.221. The topological polar surface area (TPSA) is 104 Å². The molecule has 0 bridgehead atoms. The Morgan fingerprint density at radius 3 is 2.22 bits per heavy atom. The Hall–Kier alpha value is -3.59. The summed E-state index contributed by atoms with van der Waals surface area (Å²) in [5, 5.41) is 21.8. The predicted molar refractivity (Wildman–Crippen MR) is 116 cm³/mol. The minimum atomic E-state index is -0.902. The van der Waals surface area contributed by atoms with Crippen LogP contribution in [0.3, 0.4) is 0 Å². The third kappa shape index (κ3) is 4.52. The van der Waals surface area contributed by atoms with Crippen LogP contribution in [0.1, 0.15) is 31.0 Å². The number of aliphatic hydroxyl groups is 1. The van der Waals surface area contributed by atoms with Crippen LogP contribution < -0.4 is 0 Å². The van der Waals surface area contributed by atoms with Gasteiger partial charge in [-0.1, -0.05) is 26.0 Å². The molecule has 168 valence electrons. The van der Waals surface area contributed by atoms with Crippen LogP contribution in [0.5, 0.6) is 0 Å². The first-order valence-electron chi connectivity index (χ1n) is 10.3. The van der Waals surface area contributed by atoms with Crippen molar-refractivity contribution in [2.24, 2.45) is 0 Å². The molecule has 2 aromatic rings. The number of nitrogens with zero attached hydrogens (tertiary/aromatic N) is 3. The number of hydrogen-bond acceptors (Lipinski definition) is 6. The van der Waals surface area contributed by atoms with Gasteiger partial charge in [0.25, 0.3) is 17.4 Å². The molecule has 8 nitrogen and oxygen atoms in total. The van der Waals surface area contributed by atoms with E-state index < -0.39 is 34.2 Å². The fourth-order valence-electron chi connectivity index (χ4n) is 3.79. The van der Waals surface area contributed by atoms with E-state index in [9.17, 15) is 29.2 Å². The Kier molecular flexibility index (Phi) is 6.99. The Bertz CT molecular complexity index is 1050. The van der Waals surface area contributed by atoms with E-state index in [1.165, 1.54) is 53.4 Å². The smallest absolute Gasteiger partial charge is 0.295 e. The van der Waals surface area contributed by atoms with Gasteiger partial charge in [-0.15, -0.1) is 0 Å². The Labute approximate surface area is 184 Å². The average Bonchev–Trinajstić information content (AvgIpc) is 3.04. The van der Waals surface area contributed by atoms with Crippen molar-refractivity contribution in [2.75, 3.05) is 26.2 Å². The van der Waals surface area contributed by atoms with Crippen LogP contribution in [-0.4, -0.2) is 57.7 Å². The molecule has 0 radical (unpaired) electrons. The Morgan fingerprint density at radius 2 is 1.69 bits per heavy atom. The number of amides is 1. The second-order valence-corrected chi connectivity index (χ2v) is 7.37. The van der Waals surface area contributed by atoms with Crippen LogP contribution in [0.2, 0.25) is 0 Å². The summed E-state index contributed by atoms with van der Waals surface area (Å²) in [6.07, 6.45) is 0. The number of benzene rings is 2. The molecule has 0 saturated carbocycles. The number of aliphatic hydroxyl groups excluding tert-OH is 1. The highest BCUT2D eigenvalue weighted by atomic mass is 19.1. The number of ketones is 1. The van der Waals surface area contributed by atoms with Crippen LogP contribution in [0.25, 0.3) is 5.76 Å². The van der Waals surface area contributed by atoms with E-state index in [1.54, 1.807) is 0 Å². The van der Waals surface area contributed by atoms with Crippen molar-refractivity contribution in [2.45, 2.75) is 19.9 Å². The summed E-state index contributed by atoms with van der Waals surface area (Å²) in [7, 11) is 0. The van der Waals surface area contributed by atoms with E-state index in [1.807, 2.05) is 13.8 Å². The van der Waals surface area contributed by atoms with Gasteiger partial charge in [-0.25, -0.2) is 4.39 Å². The molecular weight excluding hydrogens is 417 g/mol. The zero-order valence-corrected chi connectivity index (χ0v) is 17.8. The van der Waals surface area contributed by atoms with Gasteiger partial charge in [0.2, 0.25) is 0 Å². The van der Waals surface area contributed by atoms with Gasteiger partial charge in [0.1, 0.15) is 11.6 Å². The molecule has 1 heterocycles. The molecule has 0 spiro atoms. The van der Waals surface area contributed by atoms with E-state index in [0.29, 0.717) is 12.1 Å². The number of carbonyl (C=O) groups excluding carboxylic acids is 2.